The molecule has 0 bridgehead atoms. The Balaban J connectivity index is 1.99. The van der Waals surface area contributed by atoms with Crippen LogP contribution in [0, 0.1) is 0 Å². The molecule has 0 aliphatic heterocycles. The largest absolute Gasteiger partial charge is 0.511 e. The number of amides is 2. The minimum Gasteiger partial charge on any atom is -0.449 e. The molecule has 0 aromatic heterocycles. The maximum atomic E-state index is 12.6. The van der Waals surface area contributed by atoms with E-state index in [2.05, 4.69) is 15.4 Å². The fraction of sp³-hybridized carbons (Fsp3) is 0.0667. The number of carbonyl (C=O) groups excluding carboxylic acids is 1. The zero-order chi connectivity index (χ0) is 17.7. The first-order valence-electron chi connectivity index (χ1n) is 6.50. The van der Waals surface area contributed by atoms with Crippen LogP contribution in [0.15, 0.2) is 48.5 Å². The van der Waals surface area contributed by atoms with Crippen LogP contribution < -0.4 is 15.4 Å². The second-order valence-electron chi connectivity index (χ2n) is 4.55. The molecule has 9 heteroatoms. The summed E-state index contributed by atoms with van der Waals surface area (Å²) in [7, 11) is 0. The number of carboxylic acid groups (broad SMARTS) is 1. The maximum Gasteiger partial charge on any atom is 0.511 e. The number of benzene rings is 2. The van der Waals surface area contributed by atoms with Crippen LogP contribution in [-0.2, 0) is 6.18 Å². The second kappa shape index (κ2) is 6.90. The summed E-state index contributed by atoms with van der Waals surface area (Å²) in [6, 6.07) is 8.83. The summed E-state index contributed by atoms with van der Waals surface area (Å²) in [6.45, 7) is 0. The first-order chi connectivity index (χ1) is 11.2. The molecule has 3 N–H and O–H groups in total. The van der Waals surface area contributed by atoms with Gasteiger partial charge in [-0.15, -0.1) is 0 Å². The zero-order valence-corrected chi connectivity index (χ0v) is 11.9. The topological polar surface area (TPSA) is 87.7 Å². The van der Waals surface area contributed by atoms with E-state index in [1.807, 2.05) is 0 Å². The molecule has 2 aromatic carbocycles. The van der Waals surface area contributed by atoms with Crippen LogP contribution in [0.4, 0.5) is 34.1 Å². The van der Waals surface area contributed by atoms with Crippen molar-refractivity contribution in [2.75, 3.05) is 10.6 Å². The molecule has 0 atom stereocenters. The predicted octanol–water partition coefficient (Wildman–Crippen LogP) is 4.41. The summed E-state index contributed by atoms with van der Waals surface area (Å²) < 4.78 is 42.2. The molecule has 2 amide bonds. The lowest BCUT2D eigenvalue weighted by molar-refractivity contribution is -0.137. The van der Waals surface area contributed by atoms with E-state index in [-0.39, 0.29) is 11.4 Å². The van der Waals surface area contributed by atoms with Gasteiger partial charge in [0.2, 0.25) is 0 Å². The van der Waals surface area contributed by atoms with E-state index < -0.39 is 23.9 Å². The summed E-state index contributed by atoms with van der Waals surface area (Å²) in [6.07, 6.45) is -5.98. The number of hydrogen-bond acceptors (Lipinski definition) is 3. The van der Waals surface area contributed by atoms with Gasteiger partial charge in [0, 0.05) is 11.4 Å². The highest BCUT2D eigenvalue weighted by atomic mass is 19.4. The van der Waals surface area contributed by atoms with E-state index in [1.165, 1.54) is 36.4 Å². The number of carbonyl (C=O) groups is 2. The van der Waals surface area contributed by atoms with E-state index in [4.69, 9.17) is 5.11 Å². The Labute approximate surface area is 133 Å². The van der Waals surface area contributed by atoms with Gasteiger partial charge in [0.05, 0.1) is 5.56 Å². The molecule has 2 rings (SSSR count). The van der Waals surface area contributed by atoms with Gasteiger partial charge in [0.1, 0.15) is 5.75 Å². The summed E-state index contributed by atoms with van der Waals surface area (Å²) >= 11 is 0. The first-order valence-corrected chi connectivity index (χ1v) is 6.50. The van der Waals surface area contributed by atoms with Gasteiger partial charge >= 0.3 is 18.4 Å². The Morgan fingerprint density at radius 1 is 0.958 bits per heavy atom. The molecule has 0 saturated heterocycles. The lowest BCUT2D eigenvalue weighted by Crippen LogP contribution is -2.19. The Morgan fingerprint density at radius 2 is 1.58 bits per heavy atom. The number of ether oxygens (including phenoxy) is 1. The van der Waals surface area contributed by atoms with E-state index in [9.17, 15) is 22.8 Å². The SMILES string of the molecule is O=C(Nc1ccc(OC(=O)O)cc1)Nc1cccc(C(F)(F)F)c1. The third-order valence-corrected chi connectivity index (χ3v) is 2.77. The Kier molecular flexibility index (Phi) is 4.93. The molecule has 6 nitrogen and oxygen atoms in total. The maximum absolute atomic E-state index is 12.6. The van der Waals surface area contributed by atoms with Gasteiger partial charge in [-0.05, 0) is 42.5 Å². The van der Waals surface area contributed by atoms with E-state index in [0.717, 1.165) is 12.1 Å². The highest BCUT2D eigenvalue weighted by molar-refractivity contribution is 5.99. The fourth-order valence-corrected chi connectivity index (χ4v) is 1.77. The van der Waals surface area contributed by atoms with Crippen molar-refractivity contribution < 1.29 is 32.6 Å². The molecule has 0 unspecified atom stereocenters. The average molecular weight is 340 g/mol. The van der Waals surface area contributed by atoms with Gasteiger partial charge in [0.25, 0.3) is 0 Å². The number of nitrogens with one attached hydrogen (secondary N) is 2. The molecule has 24 heavy (non-hydrogen) atoms. The number of hydrogen-bond donors (Lipinski definition) is 3. The third-order valence-electron chi connectivity index (χ3n) is 2.77. The van der Waals surface area contributed by atoms with Crippen LogP contribution in [0.1, 0.15) is 5.56 Å². The standard InChI is InChI=1S/C15H11F3N2O4/c16-15(17,18)9-2-1-3-11(8-9)20-13(21)19-10-4-6-12(7-5-10)24-14(22)23/h1-8H,(H,22,23)(H2,19,20,21). The summed E-state index contributed by atoms with van der Waals surface area (Å²) in [5, 5.41) is 13.1. The number of anilines is 2. The minimum absolute atomic E-state index is 0.0202. The summed E-state index contributed by atoms with van der Waals surface area (Å²) in [4.78, 5) is 22.1. The normalized spacial score (nSPS) is 10.8. The van der Waals surface area contributed by atoms with E-state index in [0.29, 0.717) is 5.69 Å². The van der Waals surface area contributed by atoms with Crippen molar-refractivity contribution in [1.29, 1.82) is 0 Å². The van der Waals surface area contributed by atoms with Gasteiger partial charge < -0.3 is 20.5 Å². The van der Waals surface area contributed by atoms with Crippen molar-refractivity contribution in [3.63, 3.8) is 0 Å². The zero-order valence-electron chi connectivity index (χ0n) is 11.9. The summed E-state index contributed by atoms with van der Waals surface area (Å²) in [5.74, 6) is 0.0614. The second-order valence-corrected chi connectivity index (χ2v) is 4.55. The molecule has 0 radical (unpaired) electrons. The van der Waals surface area contributed by atoms with Crippen LogP contribution in [-0.4, -0.2) is 17.3 Å². The van der Waals surface area contributed by atoms with Crippen molar-refractivity contribution >= 4 is 23.6 Å². The molecule has 0 saturated carbocycles. The predicted molar refractivity (Wildman–Crippen MR) is 79.2 cm³/mol. The van der Waals surface area contributed by atoms with Crippen molar-refractivity contribution in [1.82, 2.24) is 0 Å². The number of rotatable bonds is 3. The molecule has 2 aromatic rings. The minimum atomic E-state index is -4.51. The van der Waals surface area contributed by atoms with Crippen molar-refractivity contribution in [2.24, 2.45) is 0 Å². The molecule has 0 fully saturated rings. The van der Waals surface area contributed by atoms with Gasteiger partial charge in [0.15, 0.2) is 0 Å². The quantitative estimate of drug-likeness (QED) is 0.571. The monoisotopic (exact) mass is 340 g/mol. The summed E-state index contributed by atoms with van der Waals surface area (Å²) in [5.41, 5.74) is -0.596. The van der Waals surface area contributed by atoms with E-state index >= 15 is 0 Å². The van der Waals surface area contributed by atoms with Crippen molar-refractivity contribution in [3.05, 3.63) is 54.1 Å². The van der Waals surface area contributed by atoms with Gasteiger partial charge in [-0.1, -0.05) is 6.07 Å². The lowest BCUT2D eigenvalue weighted by Gasteiger charge is -2.11. The Morgan fingerprint density at radius 3 is 2.17 bits per heavy atom. The highest BCUT2D eigenvalue weighted by Gasteiger charge is 2.30. The molecular formula is C15H11F3N2O4. The Hall–Kier alpha value is -3.23. The van der Waals surface area contributed by atoms with Gasteiger partial charge in [-0.25, -0.2) is 9.59 Å². The van der Waals surface area contributed by atoms with Crippen LogP contribution in [0.25, 0.3) is 0 Å². The van der Waals surface area contributed by atoms with Crippen molar-refractivity contribution in [2.45, 2.75) is 6.18 Å². The Bertz CT molecular complexity index is 745. The van der Waals surface area contributed by atoms with Gasteiger partial charge in [-0.3, -0.25) is 0 Å². The third kappa shape index (κ3) is 4.90. The molecule has 126 valence electrons. The van der Waals surface area contributed by atoms with Crippen molar-refractivity contribution in [3.8, 4) is 5.75 Å². The molecule has 0 aliphatic rings. The highest BCUT2D eigenvalue weighted by Crippen LogP contribution is 2.30. The molecule has 0 spiro atoms. The molecular weight excluding hydrogens is 329 g/mol. The molecule has 0 aliphatic carbocycles. The molecule has 0 heterocycles. The van der Waals surface area contributed by atoms with Crippen LogP contribution in [0.3, 0.4) is 0 Å². The lowest BCUT2D eigenvalue weighted by atomic mass is 10.2. The van der Waals surface area contributed by atoms with Crippen LogP contribution in [0.2, 0.25) is 0 Å². The van der Waals surface area contributed by atoms with Crippen LogP contribution in [0.5, 0.6) is 5.75 Å². The number of halogens is 3. The number of urea groups is 1. The smallest absolute Gasteiger partial charge is 0.449 e. The van der Waals surface area contributed by atoms with Gasteiger partial charge in [-0.2, -0.15) is 13.2 Å². The van der Waals surface area contributed by atoms with Crippen LogP contribution >= 0.6 is 0 Å². The first kappa shape index (κ1) is 17.1. The number of alkyl halides is 3. The van der Waals surface area contributed by atoms with E-state index in [1.54, 1.807) is 0 Å². The average Bonchev–Trinajstić information content (AvgIpc) is 2.48. The fourth-order valence-electron chi connectivity index (χ4n) is 1.77.